The summed E-state index contributed by atoms with van der Waals surface area (Å²) in [6.45, 7) is 17.8. The molecular weight excluding hydrogens is 448 g/mol. The van der Waals surface area contributed by atoms with Crippen LogP contribution in [0.2, 0.25) is 18.1 Å². The summed E-state index contributed by atoms with van der Waals surface area (Å²) in [7, 11) is 1.20. The fraction of sp³-hybridized carbons (Fsp3) is 0.667. The lowest BCUT2D eigenvalue weighted by molar-refractivity contribution is -0.136. The van der Waals surface area contributed by atoms with Gasteiger partial charge in [0.25, 0.3) is 0 Å². The number of allylic oxidation sites excluding steroid dienone is 1. The minimum Gasteiger partial charge on any atom is -0.497 e. The Morgan fingerprint density at radius 1 is 1.15 bits per heavy atom. The highest BCUT2D eigenvalue weighted by Crippen LogP contribution is 2.38. The Labute approximate surface area is 208 Å². The van der Waals surface area contributed by atoms with Crippen LogP contribution < -0.4 is 4.74 Å². The third kappa shape index (κ3) is 10.4. The summed E-state index contributed by atoms with van der Waals surface area (Å²) in [6, 6.07) is 7.87. The van der Waals surface area contributed by atoms with Crippen LogP contribution in [0, 0.1) is 5.92 Å². The number of Topliss-reactive ketones (excluding diaryl/α,β-unsaturated/α-hetero) is 1. The molecule has 0 spiro atoms. The van der Waals surface area contributed by atoms with E-state index in [0.29, 0.717) is 32.5 Å². The van der Waals surface area contributed by atoms with Crippen LogP contribution in [0.15, 0.2) is 36.9 Å². The largest absolute Gasteiger partial charge is 0.497 e. The maximum atomic E-state index is 12.4. The predicted octanol–water partition coefficient (Wildman–Crippen LogP) is 6.15. The molecular formula is C27H46O6Si. The summed E-state index contributed by atoms with van der Waals surface area (Å²) in [4.78, 5) is 12.4. The molecule has 0 aliphatic rings. The van der Waals surface area contributed by atoms with Crippen molar-refractivity contribution < 1.29 is 28.2 Å². The smallest absolute Gasteiger partial charge is 0.192 e. The summed E-state index contributed by atoms with van der Waals surface area (Å²) in [5.74, 6) is 0.634. The van der Waals surface area contributed by atoms with Gasteiger partial charge in [0.1, 0.15) is 18.3 Å². The van der Waals surface area contributed by atoms with Crippen LogP contribution in [-0.4, -0.2) is 53.9 Å². The Morgan fingerprint density at radius 2 is 1.79 bits per heavy atom. The summed E-state index contributed by atoms with van der Waals surface area (Å²) < 4.78 is 29.1. The number of ether oxygens (including phenoxy) is 4. The van der Waals surface area contributed by atoms with Crippen LogP contribution in [0.25, 0.3) is 0 Å². The molecule has 0 aliphatic heterocycles. The zero-order chi connectivity index (χ0) is 25.8. The molecule has 0 aliphatic carbocycles. The summed E-state index contributed by atoms with van der Waals surface area (Å²) in [5, 5.41) is 0.0686. The second-order valence-corrected chi connectivity index (χ2v) is 15.0. The first-order valence-corrected chi connectivity index (χ1v) is 15.0. The van der Waals surface area contributed by atoms with Crippen LogP contribution >= 0.6 is 0 Å². The molecule has 0 saturated carbocycles. The lowest BCUT2D eigenvalue weighted by atomic mass is 9.90. The first-order chi connectivity index (χ1) is 15.9. The predicted molar refractivity (Wildman–Crippen MR) is 140 cm³/mol. The number of ketones is 1. The first-order valence-electron chi connectivity index (χ1n) is 12.1. The zero-order valence-electron chi connectivity index (χ0n) is 22.5. The number of methoxy groups -OCH3 is 2. The lowest BCUT2D eigenvalue weighted by Crippen LogP contribution is -2.46. The van der Waals surface area contributed by atoms with E-state index >= 15 is 0 Å². The highest BCUT2D eigenvalue weighted by molar-refractivity contribution is 6.74. The van der Waals surface area contributed by atoms with Gasteiger partial charge >= 0.3 is 0 Å². The third-order valence-electron chi connectivity index (χ3n) is 6.57. The van der Waals surface area contributed by atoms with Crippen LogP contribution in [0.5, 0.6) is 5.75 Å². The van der Waals surface area contributed by atoms with Crippen molar-refractivity contribution in [2.45, 2.75) is 83.9 Å². The Kier molecular flexibility index (Phi) is 13.3. The van der Waals surface area contributed by atoms with Crippen molar-refractivity contribution in [3.8, 4) is 5.75 Å². The van der Waals surface area contributed by atoms with E-state index < -0.39 is 8.32 Å². The number of benzene rings is 1. The average Bonchev–Trinajstić information content (AvgIpc) is 2.77. The monoisotopic (exact) mass is 494 g/mol. The number of hydrogen-bond acceptors (Lipinski definition) is 6. The van der Waals surface area contributed by atoms with Gasteiger partial charge in [-0.25, -0.2) is 0 Å². The van der Waals surface area contributed by atoms with E-state index in [1.165, 1.54) is 0 Å². The van der Waals surface area contributed by atoms with E-state index in [1.807, 2.05) is 24.3 Å². The molecule has 0 unspecified atom stereocenters. The van der Waals surface area contributed by atoms with Crippen molar-refractivity contribution in [3.05, 3.63) is 42.5 Å². The molecule has 0 saturated heterocycles. The van der Waals surface area contributed by atoms with Gasteiger partial charge in [0.2, 0.25) is 0 Å². The van der Waals surface area contributed by atoms with E-state index in [1.54, 1.807) is 27.2 Å². The number of carbonyl (C=O) groups excluding carboxylic acids is 1. The minimum atomic E-state index is -2.04. The van der Waals surface area contributed by atoms with Gasteiger partial charge in [0, 0.05) is 25.7 Å². The second kappa shape index (κ2) is 14.8. The van der Waals surface area contributed by atoms with E-state index in [-0.39, 0.29) is 35.7 Å². The highest BCUT2D eigenvalue weighted by atomic mass is 28.4. The average molecular weight is 495 g/mol. The molecule has 34 heavy (non-hydrogen) atoms. The van der Waals surface area contributed by atoms with Crippen molar-refractivity contribution >= 4 is 14.1 Å². The summed E-state index contributed by atoms with van der Waals surface area (Å²) in [5.41, 5.74) is 1.09. The maximum absolute atomic E-state index is 12.4. The summed E-state index contributed by atoms with van der Waals surface area (Å²) in [6.07, 6.45) is 3.24. The van der Waals surface area contributed by atoms with Crippen LogP contribution in [0.3, 0.4) is 0 Å². The van der Waals surface area contributed by atoms with Gasteiger partial charge in [-0.1, -0.05) is 39.0 Å². The van der Waals surface area contributed by atoms with Crippen LogP contribution in [0.4, 0.5) is 0 Å². The Hall–Kier alpha value is -1.51. The molecule has 0 amide bonds. The molecule has 1 rings (SSSR count). The molecule has 0 N–H and O–H groups in total. The zero-order valence-corrected chi connectivity index (χ0v) is 23.5. The summed E-state index contributed by atoms with van der Waals surface area (Å²) >= 11 is 0. The van der Waals surface area contributed by atoms with Gasteiger partial charge in [-0.2, -0.15) is 0 Å². The molecule has 7 heteroatoms. The Bertz CT molecular complexity index is 726. The molecule has 0 heterocycles. The molecule has 194 valence electrons. The normalized spacial score (nSPS) is 14.9. The van der Waals surface area contributed by atoms with Gasteiger partial charge in [0.05, 0.1) is 19.8 Å². The first kappa shape index (κ1) is 30.5. The quantitative estimate of drug-likeness (QED) is 0.112. The van der Waals surface area contributed by atoms with Gasteiger partial charge < -0.3 is 23.4 Å². The number of carbonyl (C=O) groups is 1. The molecule has 3 atom stereocenters. The van der Waals surface area contributed by atoms with E-state index in [0.717, 1.165) is 11.3 Å². The van der Waals surface area contributed by atoms with Gasteiger partial charge in [-0.15, -0.1) is 6.58 Å². The van der Waals surface area contributed by atoms with E-state index in [9.17, 15) is 4.79 Å². The van der Waals surface area contributed by atoms with Crippen molar-refractivity contribution in [2.24, 2.45) is 5.92 Å². The van der Waals surface area contributed by atoms with Crippen molar-refractivity contribution in [2.75, 3.05) is 27.6 Å². The van der Waals surface area contributed by atoms with Gasteiger partial charge in [0.15, 0.2) is 8.32 Å². The molecule has 0 aromatic heterocycles. The number of hydrogen-bond donors (Lipinski definition) is 0. The van der Waals surface area contributed by atoms with Crippen LogP contribution in [0.1, 0.15) is 52.5 Å². The van der Waals surface area contributed by atoms with Crippen molar-refractivity contribution in [1.82, 2.24) is 0 Å². The Morgan fingerprint density at radius 3 is 2.29 bits per heavy atom. The standard InChI is InChI=1S/C27H46O6Si/c1-10-11-25(21(2)28)26(32-20-29-6)18-24(33-34(8,9)27(3,4)5)16-17-31-19-22-12-14-23(30-7)15-13-22/h10,12-15,24-26H,1,11,16-20H2,2-9H3/t24-,25+,26+/m0/s1. The topological polar surface area (TPSA) is 63.2 Å². The lowest BCUT2D eigenvalue weighted by Gasteiger charge is -2.40. The fourth-order valence-corrected chi connectivity index (χ4v) is 4.87. The fourth-order valence-electron chi connectivity index (χ4n) is 3.47. The van der Waals surface area contributed by atoms with E-state index in [2.05, 4.69) is 40.4 Å². The molecule has 1 aromatic rings. The van der Waals surface area contributed by atoms with Crippen molar-refractivity contribution in [1.29, 1.82) is 0 Å². The van der Waals surface area contributed by atoms with Gasteiger partial charge in [-0.05, 0) is 62.0 Å². The SMILES string of the molecule is C=CC[C@H](C(C)=O)[C@@H](C[C@H](CCOCc1ccc(OC)cc1)O[Si](C)(C)C(C)(C)C)OCOC. The second-order valence-electron chi connectivity index (χ2n) is 10.3. The minimum absolute atomic E-state index is 0.0686. The molecule has 0 bridgehead atoms. The van der Waals surface area contributed by atoms with Crippen LogP contribution in [-0.2, 0) is 30.0 Å². The maximum Gasteiger partial charge on any atom is 0.192 e. The van der Waals surface area contributed by atoms with E-state index in [4.69, 9.17) is 23.4 Å². The highest BCUT2D eigenvalue weighted by Gasteiger charge is 2.40. The molecule has 1 aromatic carbocycles. The van der Waals surface area contributed by atoms with Gasteiger partial charge in [-0.3, -0.25) is 4.79 Å². The van der Waals surface area contributed by atoms with Crippen molar-refractivity contribution in [3.63, 3.8) is 0 Å². The third-order valence-corrected chi connectivity index (χ3v) is 11.1. The number of rotatable bonds is 17. The molecule has 6 nitrogen and oxygen atoms in total. The molecule has 0 fully saturated rings. The molecule has 0 radical (unpaired) electrons. The Balaban J connectivity index is 2.93.